The van der Waals surface area contributed by atoms with Gasteiger partial charge in [0.25, 0.3) is 10.0 Å². The zero-order chi connectivity index (χ0) is 14.8. The van der Waals surface area contributed by atoms with Gasteiger partial charge >= 0.3 is 0 Å². The fourth-order valence-electron chi connectivity index (χ4n) is 1.82. The van der Waals surface area contributed by atoms with Crippen molar-refractivity contribution in [1.29, 1.82) is 0 Å². The van der Waals surface area contributed by atoms with Crippen molar-refractivity contribution >= 4 is 15.7 Å². The van der Waals surface area contributed by atoms with Crippen LogP contribution < -0.4 is 4.72 Å². The van der Waals surface area contributed by atoms with Gasteiger partial charge in [-0.05, 0) is 30.2 Å². The lowest BCUT2D eigenvalue weighted by molar-refractivity contribution is 0.568. The van der Waals surface area contributed by atoms with Crippen molar-refractivity contribution in [2.24, 2.45) is 0 Å². The Morgan fingerprint density at radius 2 is 1.65 bits per heavy atom. The van der Waals surface area contributed by atoms with Crippen molar-refractivity contribution in [3.63, 3.8) is 0 Å². The summed E-state index contributed by atoms with van der Waals surface area (Å²) in [7, 11) is -4.02. The number of hydrogen-bond acceptors (Lipinski definition) is 2. The zero-order valence-electron chi connectivity index (χ0n) is 10.7. The maximum Gasteiger partial charge on any atom is 0.262 e. The first-order chi connectivity index (χ1) is 9.42. The number of benzene rings is 2. The summed E-state index contributed by atoms with van der Waals surface area (Å²) < 4.78 is 52.8. The Bertz CT molecular complexity index is 709. The average Bonchev–Trinajstić information content (AvgIpc) is 2.38. The van der Waals surface area contributed by atoms with E-state index in [1.807, 2.05) is 6.92 Å². The van der Waals surface area contributed by atoms with Gasteiger partial charge in [-0.25, -0.2) is 17.2 Å². The first-order valence-corrected chi connectivity index (χ1v) is 7.47. The summed E-state index contributed by atoms with van der Waals surface area (Å²) in [6.45, 7) is 1.88. The molecule has 0 heterocycles. The molecule has 2 aromatic carbocycles. The van der Waals surface area contributed by atoms with Crippen molar-refractivity contribution < 1.29 is 17.2 Å². The van der Waals surface area contributed by atoms with E-state index in [-0.39, 0.29) is 0 Å². The number of sulfonamides is 1. The predicted octanol–water partition coefficient (Wildman–Crippen LogP) is 3.33. The minimum absolute atomic E-state index is 0.402. The van der Waals surface area contributed by atoms with Gasteiger partial charge in [0.15, 0.2) is 0 Å². The Kier molecular flexibility index (Phi) is 4.04. The second-order valence-corrected chi connectivity index (χ2v) is 5.90. The van der Waals surface area contributed by atoms with Crippen molar-refractivity contribution in [3.05, 3.63) is 59.7 Å². The standard InChI is InChI=1S/C14H13F2NO2S/c1-2-10-5-3-4-6-14(10)17-20(18,19)13-8-11(15)7-12(16)9-13/h3-9,17H,2H2,1H3. The molecule has 0 amide bonds. The molecule has 0 saturated carbocycles. The minimum Gasteiger partial charge on any atom is -0.279 e. The maximum atomic E-state index is 13.1. The fraction of sp³-hybridized carbons (Fsp3) is 0.143. The summed E-state index contributed by atoms with van der Waals surface area (Å²) in [6, 6.07) is 9.04. The zero-order valence-corrected chi connectivity index (χ0v) is 11.5. The molecule has 0 fully saturated rings. The van der Waals surface area contributed by atoms with Crippen LogP contribution >= 0.6 is 0 Å². The maximum absolute atomic E-state index is 13.1. The Labute approximate surface area is 116 Å². The highest BCUT2D eigenvalue weighted by atomic mass is 32.2. The second kappa shape index (κ2) is 5.58. The monoisotopic (exact) mass is 297 g/mol. The van der Waals surface area contributed by atoms with E-state index >= 15 is 0 Å². The molecule has 0 aromatic heterocycles. The van der Waals surface area contributed by atoms with Crippen LogP contribution in [0.2, 0.25) is 0 Å². The molecular formula is C14H13F2NO2S. The number of para-hydroxylation sites is 1. The van der Waals surface area contributed by atoms with Crippen molar-refractivity contribution in [2.45, 2.75) is 18.2 Å². The second-order valence-electron chi connectivity index (χ2n) is 4.22. The molecule has 2 aromatic rings. The number of nitrogens with one attached hydrogen (secondary N) is 1. The fourth-order valence-corrected chi connectivity index (χ4v) is 2.96. The van der Waals surface area contributed by atoms with Crippen LogP contribution in [0.3, 0.4) is 0 Å². The smallest absolute Gasteiger partial charge is 0.262 e. The molecule has 0 saturated heterocycles. The lowest BCUT2D eigenvalue weighted by atomic mass is 10.1. The van der Waals surface area contributed by atoms with Gasteiger partial charge < -0.3 is 0 Å². The van der Waals surface area contributed by atoms with Crippen molar-refractivity contribution in [2.75, 3.05) is 4.72 Å². The van der Waals surface area contributed by atoms with Crippen LogP contribution in [0.15, 0.2) is 47.4 Å². The van der Waals surface area contributed by atoms with Gasteiger partial charge in [-0.3, -0.25) is 4.72 Å². The lowest BCUT2D eigenvalue weighted by Gasteiger charge is -2.11. The Balaban J connectivity index is 2.41. The summed E-state index contributed by atoms with van der Waals surface area (Å²) in [4.78, 5) is -0.444. The molecule has 0 aliphatic carbocycles. The molecule has 106 valence electrons. The van der Waals surface area contributed by atoms with E-state index in [9.17, 15) is 17.2 Å². The molecule has 0 radical (unpaired) electrons. The third-order valence-corrected chi connectivity index (χ3v) is 4.13. The van der Waals surface area contributed by atoms with Crippen molar-refractivity contribution in [3.8, 4) is 0 Å². The van der Waals surface area contributed by atoms with E-state index < -0.39 is 26.6 Å². The van der Waals surface area contributed by atoms with Crippen LogP contribution in [-0.4, -0.2) is 8.42 Å². The van der Waals surface area contributed by atoms with E-state index in [0.29, 0.717) is 18.2 Å². The van der Waals surface area contributed by atoms with Crippen LogP contribution in [-0.2, 0) is 16.4 Å². The molecule has 0 bridgehead atoms. The Hall–Kier alpha value is -1.95. The number of aryl methyl sites for hydroxylation is 1. The number of halogens is 2. The Morgan fingerprint density at radius 1 is 1.05 bits per heavy atom. The third kappa shape index (κ3) is 3.14. The molecule has 20 heavy (non-hydrogen) atoms. The summed E-state index contributed by atoms with van der Waals surface area (Å²) in [5.74, 6) is -1.87. The van der Waals surface area contributed by atoms with Gasteiger partial charge in [0, 0.05) is 6.07 Å². The minimum atomic E-state index is -4.02. The van der Waals surface area contributed by atoms with Gasteiger partial charge in [-0.15, -0.1) is 0 Å². The van der Waals surface area contributed by atoms with Crippen LogP contribution in [0.5, 0.6) is 0 Å². The molecule has 0 atom stereocenters. The first kappa shape index (κ1) is 14.5. The molecule has 0 aliphatic rings. The highest BCUT2D eigenvalue weighted by molar-refractivity contribution is 7.92. The first-order valence-electron chi connectivity index (χ1n) is 5.99. The SMILES string of the molecule is CCc1ccccc1NS(=O)(=O)c1cc(F)cc(F)c1. The van der Waals surface area contributed by atoms with E-state index in [1.54, 1.807) is 24.3 Å². The molecule has 6 heteroatoms. The van der Waals surface area contributed by atoms with Gasteiger partial charge in [-0.2, -0.15) is 0 Å². The predicted molar refractivity (Wildman–Crippen MR) is 73.0 cm³/mol. The van der Waals surface area contributed by atoms with Crippen LogP contribution in [0, 0.1) is 11.6 Å². The van der Waals surface area contributed by atoms with E-state index in [1.165, 1.54) is 0 Å². The summed E-state index contributed by atoms with van der Waals surface area (Å²) >= 11 is 0. The van der Waals surface area contributed by atoms with Crippen LogP contribution in [0.25, 0.3) is 0 Å². The normalized spacial score (nSPS) is 11.3. The Morgan fingerprint density at radius 3 is 2.25 bits per heavy atom. The molecule has 1 N–H and O–H groups in total. The quantitative estimate of drug-likeness (QED) is 0.941. The molecule has 0 spiro atoms. The molecule has 3 nitrogen and oxygen atoms in total. The van der Waals surface area contributed by atoms with E-state index in [4.69, 9.17) is 0 Å². The average molecular weight is 297 g/mol. The third-order valence-electron chi connectivity index (χ3n) is 2.79. The summed E-state index contributed by atoms with van der Waals surface area (Å²) in [5, 5.41) is 0. The highest BCUT2D eigenvalue weighted by Gasteiger charge is 2.17. The van der Waals surface area contributed by atoms with Crippen molar-refractivity contribution in [1.82, 2.24) is 0 Å². The molecule has 0 aliphatic heterocycles. The summed E-state index contributed by atoms with van der Waals surface area (Å²) in [5.41, 5.74) is 1.20. The molecule has 2 rings (SSSR count). The van der Waals surface area contributed by atoms with E-state index in [0.717, 1.165) is 17.7 Å². The van der Waals surface area contributed by atoms with Gasteiger partial charge in [-0.1, -0.05) is 25.1 Å². The highest BCUT2D eigenvalue weighted by Crippen LogP contribution is 2.21. The summed E-state index contributed by atoms with van der Waals surface area (Å²) in [6.07, 6.45) is 0.635. The van der Waals surface area contributed by atoms with Crippen LogP contribution in [0.4, 0.5) is 14.5 Å². The number of hydrogen-bond donors (Lipinski definition) is 1. The number of anilines is 1. The number of rotatable bonds is 4. The molecular weight excluding hydrogens is 284 g/mol. The largest absolute Gasteiger partial charge is 0.279 e. The lowest BCUT2D eigenvalue weighted by Crippen LogP contribution is -2.14. The topological polar surface area (TPSA) is 46.2 Å². The van der Waals surface area contributed by atoms with Gasteiger partial charge in [0.2, 0.25) is 0 Å². The molecule has 0 unspecified atom stereocenters. The van der Waals surface area contributed by atoms with Gasteiger partial charge in [0.1, 0.15) is 11.6 Å². The van der Waals surface area contributed by atoms with E-state index in [2.05, 4.69) is 4.72 Å². The van der Waals surface area contributed by atoms with Crippen LogP contribution in [0.1, 0.15) is 12.5 Å². The van der Waals surface area contributed by atoms with Gasteiger partial charge in [0.05, 0.1) is 10.6 Å².